The van der Waals surface area contributed by atoms with Crippen molar-refractivity contribution >= 4 is 34.7 Å². The van der Waals surface area contributed by atoms with Crippen molar-refractivity contribution in [3.63, 3.8) is 0 Å². The average Bonchev–Trinajstić information content (AvgIpc) is 3.00. The molecule has 1 aliphatic heterocycles. The van der Waals surface area contributed by atoms with Crippen molar-refractivity contribution in [3.05, 3.63) is 41.1 Å². The number of amides is 4. The molecule has 9 heteroatoms. The monoisotopic (exact) mass is 464 g/mol. The Bertz CT molecular complexity index is 1170. The van der Waals surface area contributed by atoms with Crippen molar-refractivity contribution in [2.45, 2.75) is 69.7 Å². The normalized spacial score (nSPS) is 19.5. The average molecular weight is 465 g/mol. The predicted molar refractivity (Wildman–Crippen MR) is 123 cm³/mol. The third-order valence-corrected chi connectivity index (χ3v) is 7.06. The van der Waals surface area contributed by atoms with E-state index in [1.807, 2.05) is 24.3 Å². The van der Waals surface area contributed by atoms with E-state index in [0.29, 0.717) is 23.8 Å². The Labute approximate surface area is 197 Å². The number of nitrogens with one attached hydrogen (secondary N) is 2. The smallest absolute Gasteiger partial charge is 0.344 e. The van der Waals surface area contributed by atoms with E-state index in [0.717, 1.165) is 73.1 Å². The summed E-state index contributed by atoms with van der Waals surface area (Å²) < 4.78 is 5.37. The SMILES string of the molecule is O=C(COC(=O)c1c2c(nc3ccccc13)CCCCC2)NN1C(=O)NC2(CCCCC2)C1=O. The van der Waals surface area contributed by atoms with Crippen LogP contribution in [-0.2, 0) is 27.2 Å². The van der Waals surface area contributed by atoms with E-state index in [2.05, 4.69) is 10.7 Å². The molecule has 1 saturated carbocycles. The van der Waals surface area contributed by atoms with Crippen LogP contribution in [0.4, 0.5) is 4.79 Å². The first-order valence-electron chi connectivity index (χ1n) is 12.0. The molecule has 1 aromatic heterocycles. The minimum absolute atomic E-state index is 0.450. The minimum Gasteiger partial charge on any atom is -0.452 e. The number of imide groups is 1. The molecular formula is C25H28N4O5. The fourth-order valence-electron chi connectivity index (χ4n) is 5.36. The van der Waals surface area contributed by atoms with Gasteiger partial charge in [0, 0.05) is 11.1 Å². The van der Waals surface area contributed by atoms with Crippen LogP contribution in [0.25, 0.3) is 10.9 Å². The number of carbonyl (C=O) groups excluding carboxylic acids is 4. The number of hydrogen-bond acceptors (Lipinski definition) is 6. The Balaban J connectivity index is 1.30. The van der Waals surface area contributed by atoms with Crippen LogP contribution in [0, 0.1) is 0 Å². The molecule has 0 atom stereocenters. The quantitative estimate of drug-likeness (QED) is 0.408. The third kappa shape index (κ3) is 3.99. The fourth-order valence-corrected chi connectivity index (χ4v) is 5.36. The molecule has 3 aliphatic rings. The Hall–Kier alpha value is -3.49. The zero-order chi connectivity index (χ0) is 23.7. The molecule has 2 heterocycles. The summed E-state index contributed by atoms with van der Waals surface area (Å²) in [6.07, 6.45) is 8.38. The van der Waals surface area contributed by atoms with Crippen molar-refractivity contribution in [1.29, 1.82) is 0 Å². The second kappa shape index (κ2) is 9.04. The molecule has 1 saturated heterocycles. The first kappa shape index (κ1) is 22.3. The van der Waals surface area contributed by atoms with E-state index in [4.69, 9.17) is 9.72 Å². The highest BCUT2D eigenvalue weighted by atomic mass is 16.5. The maximum Gasteiger partial charge on any atom is 0.344 e. The molecule has 5 rings (SSSR count). The van der Waals surface area contributed by atoms with Crippen LogP contribution in [0.1, 0.15) is 73.0 Å². The predicted octanol–water partition coefficient (Wildman–Crippen LogP) is 2.95. The van der Waals surface area contributed by atoms with Crippen LogP contribution < -0.4 is 10.7 Å². The lowest BCUT2D eigenvalue weighted by molar-refractivity contribution is -0.140. The van der Waals surface area contributed by atoms with Crippen molar-refractivity contribution in [1.82, 2.24) is 20.7 Å². The number of hydrogen-bond donors (Lipinski definition) is 2. The molecule has 1 spiro atoms. The second-order valence-electron chi connectivity index (χ2n) is 9.31. The van der Waals surface area contributed by atoms with Gasteiger partial charge in [-0.3, -0.25) is 20.0 Å². The van der Waals surface area contributed by atoms with Crippen LogP contribution >= 0.6 is 0 Å². The van der Waals surface area contributed by atoms with Crippen molar-refractivity contribution in [2.24, 2.45) is 0 Å². The van der Waals surface area contributed by atoms with Gasteiger partial charge in [-0.25, -0.2) is 9.59 Å². The van der Waals surface area contributed by atoms with Crippen molar-refractivity contribution in [2.75, 3.05) is 6.61 Å². The van der Waals surface area contributed by atoms with E-state index in [9.17, 15) is 19.2 Å². The number of esters is 1. The molecule has 1 aromatic carbocycles. The molecule has 34 heavy (non-hydrogen) atoms. The van der Waals surface area contributed by atoms with E-state index in [-0.39, 0.29) is 0 Å². The number of aryl methyl sites for hydroxylation is 1. The summed E-state index contributed by atoms with van der Waals surface area (Å²) in [4.78, 5) is 55.7. The largest absolute Gasteiger partial charge is 0.452 e. The van der Waals surface area contributed by atoms with Gasteiger partial charge in [-0.2, -0.15) is 5.01 Å². The summed E-state index contributed by atoms with van der Waals surface area (Å²) in [6.45, 7) is -0.603. The molecule has 2 fully saturated rings. The molecule has 0 bridgehead atoms. The Morgan fingerprint density at radius 1 is 1.03 bits per heavy atom. The highest BCUT2D eigenvalue weighted by Gasteiger charge is 2.52. The molecule has 0 unspecified atom stereocenters. The summed E-state index contributed by atoms with van der Waals surface area (Å²) in [5, 5.41) is 4.15. The number of urea groups is 1. The highest BCUT2D eigenvalue weighted by Crippen LogP contribution is 2.33. The maximum absolute atomic E-state index is 13.2. The Morgan fingerprint density at radius 3 is 2.59 bits per heavy atom. The Morgan fingerprint density at radius 2 is 1.76 bits per heavy atom. The molecule has 178 valence electrons. The maximum atomic E-state index is 13.2. The fraction of sp³-hybridized carbons (Fsp3) is 0.480. The number of benzene rings is 1. The number of rotatable bonds is 4. The van der Waals surface area contributed by atoms with E-state index in [1.165, 1.54) is 0 Å². The number of ether oxygens (including phenoxy) is 1. The van der Waals surface area contributed by atoms with Crippen molar-refractivity contribution in [3.8, 4) is 0 Å². The molecular weight excluding hydrogens is 436 g/mol. The minimum atomic E-state index is -0.938. The molecule has 2 aliphatic carbocycles. The first-order valence-corrected chi connectivity index (χ1v) is 12.0. The highest BCUT2D eigenvalue weighted by molar-refractivity contribution is 6.08. The van der Waals surface area contributed by atoms with E-state index in [1.54, 1.807) is 0 Å². The van der Waals surface area contributed by atoms with Gasteiger partial charge < -0.3 is 10.1 Å². The van der Waals surface area contributed by atoms with Gasteiger partial charge in [0.1, 0.15) is 5.54 Å². The Kier molecular flexibility index (Phi) is 5.93. The van der Waals surface area contributed by atoms with Gasteiger partial charge in [-0.15, -0.1) is 0 Å². The molecule has 0 radical (unpaired) electrons. The van der Waals surface area contributed by atoms with Gasteiger partial charge in [0.05, 0.1) is 11.1 Å². The van der Waals surface area contributed by atoms with Gasteiger partial charge in [0.15, 0.2) is 6.61 Å². The number of fused-ring (bicyclic) bond motifs is 2. The molecule has 2 N–H and O–H groups in total. The van der Waals surface area contributed by atoms with E-state index >= 15 is 0 Å². The number of para-hydroxylation sites is 1. The van der Waals surface area contributed by atoms with Gasteiger partial charge in [-0.1, -0.05) is 43.9 Å². The summed E-state index contributed by atoms with van der Waals surface area (Å²) in [7, 11) is 0. The molecule has 2 aromatic rings. The number of aromatic nitrogens is 1. The summed E-state index contributed by atoms with van der Waals surface area (Å²) in [5.74, 6) is -1.80. The van der Waals surface area contributed by atoms with Crippen LogP contribution in [0.3, 0.4) is 0 Å². The molecule has 9 nitrogen and oxygen atoms in total. The van der Waals surface area contributed by atoms with Crippen molar-refractivity contribution < 1.29 is 23.9 Å². The zero-order valence-corrected chi connectivity index (χ0v) is 19.0. The number of pyridine rings is 1. The summed E-state index contributed by atoms with van der Waals surface area (Å²) in [6, 6.07) is 6.76. The van der Waals surface area contributed by atoms with E-state index < -0.39 is 36.0 Å². The standard InChI is InChI=1S/C25H28N4O5/c30-20(28-29-23(32)25(27-24(29)33)13-7-2-8-14-25)15-34-22(31)21-16-9-3-1-4-11-18(16)26-19-12-6-5-10-17(19)21/h5-6,10,12H,1-4,7-9,11,13-15H2,(H,27,33)(H,28,30). The van der Waals surface area contributed by atoms with Crippen LogP contribution in [-0.4, -0.2) is 46.0 Å². The second-order valence-corrected chi connectivity index (χ2v) is 9.31. The molecule has 4 amide bonds. The van der Waals surface area contributed by atoms with Gasteiger partial charge in [0.2, 0.25) is 0 Å². The topological polar surface area (TPSA) is 118 Å². The van der Waals surface area contributed by atoms with Gasteiger partial charge >= 0.3 is 12.0 Å². The third-order valence-electron chi connectivity index (χ3n) is 7.06. The number of nitrogens with zero attached hydrogens (tertiary/aromatic N) is 2. The number of hydrazine groups is 1. The summed E-state index contributed by atoms with van der Waals surface area (Å²) in [5.41, 5.74) is 4.33. The zero-order valence-electron chi connectivity index (χ0n) is 19.0. The lowest BCUT2D eigenvalue weighted by Gasteiger charge is -2.30. The lowest BCUT2D eigenvalue weighted by atomic mass is 9.82. The number of carbonyl (C=O) groups is 4. The summed E-state index contributed by atoms with van der Waals surface area (Å²) >= 11 is 0. The van der Waals surface area contributed by atoms with Crippen LogP contribution in [0.2, 0.25) is 0 Å². The van der Waals surface area contributed by atoms with Gasteiger partial charge in [-0.05, 0) is 50.2 Å². The van der Waals surface area contributed by atoms with Crippen LogP contribution in [0.5, 0.6) is 0 Å². The first-order chi connectivity index (χ1) is 16.5. The van der Waals surface area contributed by atoms with Gasteiger partial charge in [0.25, 0.3) is 11.8 Å². The van der Waals surface area contributed by atoms with Crippen LogP contribution in [0.15, 0.2) is 24.3 Å². The lowest BCUT2D eigenvalue weighted by Crippen LogP contribution is -2.51.